The molecule has 0 bridgehead atoms. The van der Waals surface area contributed by atoms with E-state index >= 15 is 0 Å². The second-order valence-electron chi connectivity index (χ2n) is 4.19. The van der Waals surface area contributed by atoms with Crippen molar-refractivity contribution >= 4 is 11.9 Å². The van der Waals surface area contributed by atoms with E-state index in [-0.39, 0.29) is 12.0 Å². The van der Waals surface area contributed by atoms with E-state index in [1.54, 1.807) is 19.1 Å². The van der Waals surface area contributed by atoms with Crippen LogP contribution in [0, 0.1) is 5.41 Å². The summed E-state index contributed by atoms with van der Waals surface area (Å²) in [7, 11) is 0. The predicted octanol–water partition coefficient (Wildman–Crippen LogP) is 2.22. The first-order valence-corrected chi connectivity index (χ1v) is 5.28. The molecule has 16 heavy (non-hydrogen) atoms. The minimum atomic E-state index is -1.04. The lowest BCUT2D eigenvalue weighted by molar-refractivity contribution is -0.146. The average Bonchev–Trinajstić information content (AvgIpc) is 2.20. The maximum absolute atomic E-state index is 11.3. The monoisotopic (exact) mass is 224 g/mol. The first kappa shape index (κ1) is 12.5. The van der Waals surface area contributed by atoms with E-state index in [0.717, 1.165) is 0 Å². The van der Waals surface area contributed by atoms with E-state index in [9.17, 15) is 14.7 Å². The number of hydrogen-bond acceptors (Lipinski definition) is 2. The Kier molecular flexibility index (Phi) is 3.52. The van der Waals surface area contributed by atoms with Gasteiger partial charge in [-0.2, -0.15) is 0 Å². The van der Waals surface area contributed by atoms with Crippen LogP contribution in [0.1, 0.15) is 33.1 Å². The number of carboxylic acids is 2. The molecule has 0 aliphatic heterocycles. The van der Waals surface area contributed by atoms with Crippen LogP contribution in [0.5, 0.6) is 0 Å². The van der Waals surface area contributed by atoms with Gasteiger partial charge in [-0.15, -0.1) is 0 Å². The molecule has 2 N–H and O–H groups in total. The zero-order valence-electron chi connectivity index (χ0n) is 9.49. The molecule has 1 atom stereocenters. The molecule has 0 saturated heterocycles. The van der Waals surface area contributed by atoms with Crippen molar-refractivity contribution in [1.29, 1.82) is 0 Å². The molecule has 1 aliphatic carbocycles. The van der Waals surface area contributed by atoms with Gasteiger partial charge in [0.2, 0.25) is 0 Å². The Morgan fingerprint density at radius 1 is 1.44 bits per heavy atom. The van der Waals surface area contributed by atoms with Gasteiger partial charge in [0.1, 0.15) is 0 Å². The lowest BCUT2D eigenvalue weighted by Crippen LogP contribution is -2.32. The number of aliphatic carboxylic acids is 2. The van der Waals surface area contributed by atoms with E-state index in [1.165, 1.54) is 0 Å². The summed E-state index contributed by atoms with van der Waals surface area (Å²) in [4.78, 5) is 22.3. The first-order chi connectivity index (χ1) is 7.43. The van der Waals surface area contributed by atoms with Gasteiger partial charge in [0.15, 0.2) is 0 Å². The molecule has 4 nitrogen and oxygen atoms in total. The normalized spacial score (nSPS) is 24.6. The number of carbonyl (C=O) groups is 2. The number of carboxylic acid groups (broad SMARTS) is 2. The summed E-state index contributed by atoms with van der Waals surface area (Å²) in [5.41, 5.74) is -0.194. The van der Waals surface area contributed by atoms with Crippen molar-refractivity contribution in [1.82, 2.24) is 0 Å². The van der Waals surface area contributed by atoms with Crippen LogP contribution in [0.25, 0.3) is 0 Å². The van der Waals surface area contributed by atoms with Crippen LogP contribution in [0.3, 0.4) is 0 Å². The molecule has 0 aromatic carbocycles. The van der Waals surface area contributed by atoms with Gasteiger partial charge in [-0.05, 0) is 25.3 Å². The highest BCUT2D eigenvalue weighted by molar-refractivity contribution is 5.91. The van der Waals surface area contributed by atoms with Crippen LogP contribution < -0.4 is 0 Å². The summed E-state index contributed by atoms with van der Waals surface area (Å²) in [6, 6.07) is 0. The molecule has 1 unspecified atom stereocenters. The van der Waals surface area contributed by atoms with E-state index in [2.05, 4.69) is 0 Å². The Balaban J connectivity index is 3.09. The lowest BCUT2D eigenvalue weighted by atomic mass is 9.73. The molecule has 1 rings (SSSR count). The van der Waals surface area contributed by atoms with Crippen molar-refractivity contribution in [2.45, 2.75) is 33.1 Å². The number of hydrogen-bond donors (Lipinski definition) is 2. The molecule has 1 aliphatic rings. The SMILES string of the molecule is CCCC1(C(=O)O)C=CC(C)=C(C(=O)O)C1. The lowest BCUT2D eigenvalue weighted by Gasteiger charge is -2.29. The molecular formula is C12H16O4. The Hall–Kier alpha value is -1.58. The van der Waals surface area contributed by atoms with Crippen molar-refractivity contribution < 1.29 is 19.8 Å². The summed E-state index contributed by atoms with van der Waals surface area (Å²) in [6.45, 7) is 3.59. The van der Waals surface area contributed by atoms with Gasteiger partial charge in [0.25, 0.3) is 0 Å². The molecule has 0 aromatic heterocycles. The van der Waals surface area contributed by atoms with Crippen LogP contribution in [-0.2, 0) is 9.59 Å². The number of allylic oxidation sites excluding steroid dienone is 2. The van der Waals surface area contributed by atoms with Crippen molar-refractivity contribution in [3.63, 3.8) is 0 Å². The Morgan fingerprint density at radius 3 is 2.50 bits per heavy atom. The maximum atomic E-state index is 11.3. The molecule has 0 radical (unpaired) electrons. The van der Waals surface area contributed by atoms with E-state index in [4.69, 9.17) is 5.11 Å². The largest absolute Gasteiger partial charge is 0.481 e. The Morgan fingerprint density at radius 2 is 2.06 bits per heavy atom. The Labute approximate surface area is 94.3 Å². The summed E-state index contributed by atoms with van der Waals surface area (Å²) >= 11 is 0. The highest BCUT2D eigenvalue weighted by atomic mass is 16.4. The molecule has 0 saturated carbocycles. The highest BCUT2D eigenvalue weighted by Gasteiger charge is 2.39. The zero-order chi connectivity index (χ0) is 12.3. The minimum Gasteiger partial charge on any atom is -0.481 e. The molecular weight excluding hydrogens is 208 g/mol. The minimum absolute atomic E-state index is 0.0772. The third kappa shape index (κ3) is 2.15. The van der Waals surface area contributed by atoms with Crippen LogP contribution in [0.4, 0.5) is 0 Å². The molecule has 0 amide bonds. The summed E-state index contributed by atoms with van der Waals surface area (Å²) < 4.78 is 0. The van der Waals surface area contributed by atoms with Gasteiger partial charge in [-0.3, -0.25) is 4.79 Å². The summed E-state index contributed by atoms with van der Waals surface area (Å²) in [5, 5.41) is 18.2. The fourth-order valence-corrected chi connectivity index (χ4v) is 2.01. The van der Waals surface area contributed by atoms with Crippen LogP contribution >= 0.6 is 0 Å². The van der Waals surface area contributed by atoms with Gasteiger partial charge < -0.3 is 10.2 Å². The van der Waals surface area contributed by atoms with Crippen molar-refractivity contribution in [3.05, 3.63) is 23.3 Å². The number of rotatable bonds is 4. The zero-order valence-corrected chi connectivity index (χ0v) is 9.49. The quantitative estimate of drug-likeness (QED) is 0.767. The maximum Gasteiger partial charge on any atom is 0.331 e. The van der Waals surface area contributed by atoms with Crippen molar-refractivity contribution in [2.24, 2.45) is 5.41 Å². The fourth-order valence-electron chi connectivity index (χ4n) is 2.01. The van der Waals surface area contributed by atoms with Crippen LogP contribution in [-0.4, -0.2) is 22.2 Å². The average molecular weight is 224 g/mol. The summed E-state index contributed by atoms with van der Waals surface area (Å²) in [6.07, 6.45) is 4.48. The van der Waals surface area contributed by atoms with Crippen molar-refractivity contribution in [3.8, 4) is 0 Å². The van der Waals surface area contributed by atoms with Crippen molar-refractivity contribution in [2.75, 3.05) is 0 Å². The molecule has 0 fully saturated rings. The topological polar surface area (TPSA) is 74.6 Å². The summed E-state index contributed by atoms with van der Waals surface area (Å²) in [5.74, 6) is -1.97. The van der Waals surface area contributed by atoms with E-state index in [1.807, 2.05) is 6.92 Å². The smallest absolute Gasteiger partial charge is 0.331 e. The molecule has 0 aromatic rings. The molecule has 0 spiro atoms. The van der Waals surface area contributed by atoms with Gasteiger partial charge in [0, 0.05) is 5.57 Å². The first-order valence-electron chi connectivity index (χ1n) is 5.28. The Bertz CT molecular complexity index is 378. The molecule has 0 heterocycles. The van der Waals surface area contributed by atoms with Gasteiger partial charge in [0.05, 0.1) is 5.41 Å². The predicted molar refractivity (Wildman–Crippen MR) is 59.1 cm³/mol. The highest BCUT2D eigenvalue weighted by Crippen LogP contribution is 2.38. The van der Waals surface area contributed by atoms with Gasteiger partial charge in [-0.1, -0.05) is 25.5 Å². The molecule has 88 valence electrons. The van der Waals surface area contributed by atoms with Crippen LogP contribution in [0.2, 0.25) is 0 Å². The second kappa shape index (κ2) is 4.51. The van der Waals surface area contributed by atoms with E-state index < -0.39 is 17.4 Å². The standard InChI is InChI=1S/C12H16O4/c1-3-5-12(11(15)16)6-4-8(2)9(7-12)10(13)14/h4,6H,3,5,7H2,1-2H3,(H,13,14)(H,15,16). The van der Waals surface area contributed by atoms with Gasteiger partial charge >= 0.3 is 11.9 Å². The second-order valence-corrected chi connectivity index (χ2v) is 4.19. The van der Waals surface area contributed by atoms with E-state index in [0.29, 0.717) is 18.4 Å². The fraction of sp³-hybridized carbons (Fsp3) is 0.500. The third-order valence-electron chi connectivity index (χ3n) is 3.00. The van der Waals surface area contributed by atoms with Crippen LogP contribution in [0.15, 0.2) is 23.3 Å². The third-order valence-corrected chi connectivity index (χ3v) is 3.00. The molecule has 4 heteroatoms. The van der Waals surface area contributed by atoms with Gasteiger partial charge in [-0.25, -0.2) is 4.79 Å².